The van der Waals surface area contributed by atoms with Crippen molar-refractivity contribution < 1.29 is 32.6 Å². The van der Waals surface area contributed by atoms with E-state index >= 15 is 0 Å². The minimum Gasteiger partial charge on any atom is -0.481 e. The van der Waals surface area contributed by atoms with E-state index in [0.29, 0.717) is 0 Å². The number of rotatable bonds is 9. The van der Waals surface area contributed by atoms with E-state index in [1.54, 1.807) is 0 Å². The zero-order valence-electron chi connectivity index (χ0n) is 19.3. The van der Waals surface area contributed by atoms with E-state index in [4.69, 9.17) is 9.84 Å². The van der Waals surface area contributed by atoms with Gasteiger partial charge in [-0.05, 0) is 28.7 Å². The molecule has 2 aromatic rings. The van der Waals surface area contributed by atoms with Gasteiger partial charge in [0.2, 0.25) is 5.91 Å². The van der Waals surface area contributed by atoms with Crippen LogP contribution in [0.5, 0.6) is 0 Å². The van der Waals surface area contributed by atoms with E-state index in [-0.39, 0.29) is 50.1 Å². The first-order valence-corrected chi connectivity index (χ1v) is 13.5. The molecule has 0 bridgehead atoms. The molecular formula is C25H28N2O7S. The Morgan fingerprint density at radius 2 is 1.63 bits per heavy atom. The highest BCUT2D eigenvalue weighted by atomic mass is 32.2. The van der Waals surface area contributed by atoms with Crippen molar-refractivity contribution in [3.63, 3.8) is 0 Å². The van der Waals surface area contributed by atoms with E-state index in [1.165, 1.54) is 4.90 Å². The Labute approximate surface area is 204 Å². The number of nitrogens with one attached hydrogen (secondary N) is 1. The Bertz CT molecular complexity index is 1190. The third kappa shape index (κ3) is 5.82. The Hall–Kier alpha value is -3.40. The topological polar surface area (TPSA) is 130 Å². The van der Waals surface area contributed by atoms with Crippen molar-refractivity contribution in [2.75, 3.05) is 31.7 Å². The molecule has 0 radical (unpaired) electrons. The van der Waals surface area contributed by atoms with Crippen molar-refractivity contribution in [3.05, 3.63) is 59.7 Å². The van der Waals surface area contributed by atoms with Gasteiger partial charge in [-0.15, -0.1) is 0 Å². The fourth-order valence-corrected chi connectivity index (χ4v) is 5.38. The molecule has 4 rings (SSSR count). The molecule has 0 spiro atoms. The second-order valence-electron chi connectivity index (χ2n) is 9.15. The maximum absolute atomic E-state index is 12.9. The standard InChI is InChI=1S/C25H28N2O7S/c1-35(32,33)11-10-22(24(30)27-13-16(14-27)12-23(28)29)26-25(31)34-15-21-19-8-4-2-6-17(19)18-7-3-5-9-20(18)21/h2-9,16,21-22H,10-15H2,1H3,(H,26,31)(H,28,29). The molecule has 1 saturated heterocycles. The Balaban J connectivity index is 1.40. The van der Waals surface area contributed by atoms with Gasteiger partial charge in [0.05, 0.1) is 12.2 Å². The van der Waals surface area contributed by atoms with Gasteiger partial charge < -0.3 is 20.1 Å². The summed E-state index contributed by atoms with van der Waals surface area (Å²) < 4.78 is 28.8. The third-order valence-corrected chi connectivity index (χ3v) is 7.42. The molecular weight excluding hydrogens is 472 g/mol. The van der Waals surface area contributed by atoms with Crippen LogP contribution in [0.2, 0.25) is 0 Å². The van der Waals surface area contributed by atoms with E-state index in [9.17, 15) is 22.8 Å². The van der Waals surface area contributed by atoms with E-state index in [0.717, 1.165) is 28.5 Å². The van der Waals surface area contributed by atoms with Gasteiger partial charge in [-0.1, -0.05) is 48.5 Å². The van der Waals surface area contributed by atoms with Crippen LogP contribution in [-0.4, -0.2) is 74.1 Å². The summed E-state index contributed by atoms with van der Waals surface area (Å²) in [6.07, 6.45) is 0.120. The minimum atomic E-state index is -3.36. The second kappa shape index (κ2) is 10.1. The molecule has 0 saturated carbocycles. The molecule has 2 N–H and O–H groups in total. The summed E-state index contributed by atoms with van der Waals surface area (Å²) in [4.78, 5) is 37.9. The number of sulfone groups is 1. The molecule has 10 heteroatoms. The summed E-state index contributed by atoms with van der Waals surface area (Å²) in [5.41, 5.74) is 4.28. The molecule has 0 aromatic heterocycles. The Morgan fingerprint density at radius 1 is 1.06 bits per heavy atom. The molecule has 1 unspecified atom stereocenters. The lowest BCUT2D eigenvalue weighted by Crippen LogP contribution is -2.57. The number of amides is 2. The first-order valence-electron chi connectivity index (χ1n) is 11.4. The summed E-state index contributed by atoms with van der Waals surface area (Å²) in [7, 11) is -3.36. The normalized spacial score (nSPS) is 16.1. The number of hydrogen-bond donors (Lipinski definition) is 2. The van der Waals surface area contributed by atoms with Gasteiger partial charge >= 0.3 is 12.1 Å². The first-order chi connectivity index (χ1) is 16.6. The molecule has 1 atom stereocenters. The van der Waals surface area contributed by atoms with Crippen LogP contribution in [0.4, 0.5) is 4.79 Å². The first kappa shape index (κ1) is 24.7. The van der Waals surface area contributed by atoms with E-state index in [1.807, 2.05) is 48.5 Å². The van der Waals surface area contributed by atoms with Crippen molar-refractivity contribution >= 4 is 27.8 Å². The van der Waals surface area contributed by atoms with Crippen LogP contribution in [0, 0.1) is 5.92 Å². The molecule has 2 aromatic carbocycles. The van der Waals surface area contributed by atoms with Gasteiger partial charge in [0.25, 0.3) is 0 Å². The lowest BCUT2D eigenvalue weighted by atomic mass is 9.95. The Kier molecular flexibility index (Phi) is 7.11. The Morgan fingerprint density at radius 3 is 2.17 bits per heavy atom. The van der Waals surface area contributed by atoms with Crippen LogP contribution in [0.25, 0.3) is 11.1 Å². The molecule has 2 amide bonds. The zero-order chi connectivity index (χ0) is 25.2. The average Bonchev–Trinajstić information content (AvgIpc) is 3.10. The zero-order valence-corrected chi connectivity index (χ0v) is 20.2. The fraction of sp³-hybridized carbons (Fsp3) is 0.400. The summed E-state index contributed by atoms with van der Waals surface area (Å²) >= 11 is 0. The highest BCUT2D eigenvalue weighted by molar-refractivity contribution is 7.90. The summed E-state index contributed by atoms with van der Waals surface area (Å²) in [6, 6.07) is 14.8. The predicted molar refractivity (Wildman–Crippen MR) is 129 cm³/mol. The fourth-order valence-electron chi connectivity index (χ4n) is 4.72. The molecule has 1 aliphatic carbocycles. The number of hydrogen-bond acceptors (Lipinski definition) is 6. The number of nitrogens with zero attached hydrogens (tertiary/aromatic N) is 1. The molecule has 35 heavy (non-hydrogen) atoms. The van der Waals surface area contributed by atoms with Crippen LogP contribution >= 0.6 is 0 Å². The van der Waals surface area contributed by atoms with Gasteiger partial charge in [0.1, 0.15) is 22.5 Å². The van der Waals surface area contributed by atoms with Crippen LogP contribution in [-0.2, 0) is 24.2 Å². The number of carbonyl (C=O) groups excluding carboxylic acids is 2. The van der Waals surface area contributed by atoms with Crippen LogP contribution < -0.4 is 5.32 Å². The van der Waals surface area contributed by atoms with Crippen molar-refractivity contribution in [3.8, 4) is 11.1 Å². The number of fused-ring (bicyclic) bond motifs is 3. The summed E-state index contributed by atoms with van der Waals surface area (Å²) in [5.74, 6) is -1.96. The lowest BCUT2D eigenvalue weighted by molar-refractivity contribution is -0.146. The number of ether oxygens (including phenoxy) is 1. The van der Waals surface area contributed by atoms with Crippen molar-refractivity contribution in [2.24, 2.45) is 5.92 Å². The van der Waals surface area contributed by atoms with Gasteiger partial charge in [0.15, 0.2) is 0 Å². The average molecular weight is 501 g/mol. The SMILES string of the molecule is CS(=O)(=O)CCC(NC(=O)OCC1c2ccccc2-c2ccccc21)C(=O)N1CC(CC(=O)O)C1. The lowest BCUT2D eigenvalue weighted by Gasteiger charge is -2.40. The largest absolute Gasteiger partial charge is 0.481 e. The minimum absolute atomic E-state index is 0.0441. The summed E-state index contributed by atoms with van der Waals surface area (Å²) in [5, 5.41) is 11.4. The highest BCUT2D eigenvalue weighted by Crippen LogP contribution is 2.44. The maximum Gasteiger partial charge on any atom is 0.407 e. The third-order valence-electron chi connectivity index (χ3n) is 6.44. The number of alkyl carbamates (subject to hydrolysis) is 1. The number of carbonyl (C=O) groups is 3. The molecule has 1 heterocycles. The number of carboxylic acid groups (broad SMARTS) is 1. The van der Waals surface area contributed by atoms with Gasteiger partial charge in [-0.2, -0.15) is 0 Å². The highest BCUT2D eigenvalue weighted by Gasteiger charge is 2.37. The number of likely N-dealkylation sites (tertiary alicyclic amines) is 1. The smallest absolute Gasteiger partial charge is 0.407 e. The van der Waals surface area contributed by atoms with Crippen molar-refractivity contribution in [1.29, 1.82) is 0 Å². The predicted octanol–water partition coefficient (Wildman–Crippen LogP) is 2.26. The van der Waals surface area contributed by atoms with Crippen LogP contribution in [0.1, 0.15) is 29.9 Å². The van der Waals surface area contributed by atoms with Crippen LogP contribution in [0.3, 0.4) is 0 Å². The number of benzene rings is 2. The summed E-state index contributed by atoms with van der Waals surface area (Å²) in [6.45, 7) is 0.580. The quantitative estimate of drug-likeness (QED) is 0.540. The maximum atomic E-state index is 12.9. The second-order valence-corrected chi connectivity index (χ2v) is 11.4. The van der Waals surface area contributed by atoms with Gasteiger partial charge in [-0.25, -0.2) is 13.2 Å². The van der Waals surface area contributed by atoms with Gasteiger partial charge in [-0.3, -0.25) is 9.59 Å². The number of carboxylic acids is 1. The van der Waals surface area contributed by atoms with Crippen molar-refractivity contribution in [1.82, 2.24) is 10.2 Å². The molecule has 1 fully saturated rings. The molecule has 1 aliphatic heterocycles. The molecule has 186 valence electrons. The van der Waals surface area contributed by atoms with E-state index in [2.05, 4.69) is 5.32 Å². The van der Waals surface area contributed by atoms with Crippen LogP contribution in [0.15, 0.2) is 48.5 Å². The van der Waals surface area contributed by atoms with Gasteiger partial charge in [0, 0.05) is 31.2 Å². The van der Waals surface area contributed by atoms with E-state index < -0.39 is 33.8 Å². The van der Waals surface area contributed by atoms with Crippen molar-refractivity contribution in [2.45, 2.75) is 24.8 Å². The molecule has 2 aliphatic rings. The molecule has 9 nitrogen and oxygen atoms in total. The number of aliphatic carboxylic acids is 1. The monoisotopic (exact) mass is 500 g/mol.